The zero-order chi connectivity index (χ0) is 82.0. The molecule has 1 aliphatic rings. The lowest BCUT2D eigenvalue weighted by atomic mass is 9.96. The fourth-order valence-corrected chi connectivity index (χ4v) is 12.3. The summed E-state index contributed by atoms with van der Waals surface area (Å²) >= 11 is 0. The number of para-hydroxylation sites is 2. The van der Waals surface area contributed by atoms with Gasteiger partial charge < -0.3 is 117 Å². The molecule has 6 rings (SSSR count). The van der Waals surface area contributed by atoms with E-state index in [4.69, 9.17) is 27.7 Å². The van der Waals surface area contributed by atoms with Crippen molar-refractivity contribution < 1.29 is 86.9 Å². The lowest BCUT2D eigenvalue weighted by molar-refractivity contribution is -0.153. The number of amides is 14. The Hall–Kier alpha value is -11.6. The van der Waals surface area contributed by atoms with Crippen molar-refractivity contribution in [1.82, 2.24) is 79.1 Å². The summed E-state index contributed by atoms with van der Waals surface area (Å²) in [4.78, 5) is 215. The molecule has 5 aromatic rings. The first-order chi connectivity index (χ1) is 53.6. The van der Waals surface area contributed by atoms with Crippen LogP contribution in [-0.2, 0) is 95.9 Å². The van der Waals surface area contributed by atoms with Crippen LogP contribution in [0.25, 0.3) is 21.8 Å². The maximum atomic E-state index is 15.0. The number of aromatic hydroxyl groups is 1. The molecule has 14 amide bonds. The van der Waals surface area contributed by atoms with E-state index in [1.54, 1.807) is 74.8 Å². The monoisotopic (exact) mass is 1560 g/mol. The number of aliphatic hydroxyl groups is 1. The van der Waals surface area contributed by atoms with E-state index in [0.29, 0.717) is 44.9 Å². The van der Waals surface area contributed by atoms with Crippen LogP contribution in [0.1, 0.15) is 121 Å². The Morgan fingerprint density at radius 2 is 1.04 bits per heavy atom. The van der Waals surface area contributed by atoms with Gasteiger partial charge in [0.1, 0.15) is 78.8 Å². The van der Waals surface area contributed by atoms with Crippen molar-refractivity contribution in [2.24, 2.45) is 28.9 Å². The van der Waals surface area contributed by atoms with E-state index in [1.165, 1.54) is 31.2 Å². The second kappa shape index (κ2) is 45.5. The number of carbonyl (C=O) groups excluding carboxylic acids is 15. The molecule has 2 aromatic heterocycles. The lowest BCUT2D eigenvalue weighted by Gasteiger charge is -2.31. The Morgan fingerprint density at radius 3 is 1.56 bits per heavy atom. The van der Waals surface area contributed by atoms with E-state index in [1.807, 2.05) is 6.92 Å². The Balaban J connectivity index is 1.22. The number of aliphatic hydroxyl groups excluding tert-OH is 1. The third-order valence-corrected chi connectivity index (χ3v) is 18.8. The van der Waals surface area contributed by atoms with Crippen molar-refractivity contribution in [3.63, 3.8) is 0 Å². The number of phenolic OH excluding ortho intramolecular Hbond substituents is 1. The first-order valence-corrected chi connectivity index (χ1v) is 37.5. The molecular formula is C75H107N19O18. The molecule has 37 nitrogen and oxygen atoms in total. The molecule has 0 radical (unpaired) electrons. The number of primary amides is 1. The number of cyclic esters (lactones) is 1. The number of esters is 1. The molecule has 1 fully saturated rings. The number of unbranched alkanes of at least 4 members (excludes halogenated alkanes) is 2. The highest BCUT2D eigenvalue weighted by molar-refractivity contribution is 6.01. The smallest absolute Gasteiger partial charge is 0.325 e. The van der Waals surface area contributed by atoms with Crippen LogP contribution in [0.15, 0.2) is 85.2 Å². The van der Waals surface area contributed by atoms with Crippen LogP contribution < -0.4 is 92.1 Å². The van der Waals surface area contributed by atoms with Crippen LogP contribution >= 0.6 is 0 Å². The lowest BCUT2D eigenvalue weighted by Crippen LogP contribution is -2.63. The van der Waals surface area contributed by atoms with E-state index < -0.39 is 194 Å². The Bertz CT molecular complexity index is 4080. The molecule has 0 saturated carbocycles. The van der Waals surface area contributed by atoms with E-state index in [9.17, 15) is 77.3 Å². The van der Waals surface area contributed by atoms with E-state index in [0.717, 1.165) is 12.8 Å². The Labute approximate surface area is 646 Å². The molecule has 3 aromatic carbocycles. The van der Waals surface area contributed by atoms with Gasteiger partial charge >= 0.3 is 5.97 Å². The highest BCUT2D eigenvalue weighted by Gasteiger charge is 2.40. The number of hydrogen-bond donors (Lipinski definition) is 21. The predicted octanol–water partition coefficient (Wildman–Crippen LogP) is -3.76. The number of fused-ring (bicyclic) bond motifs is 2. The number of aromatic amines is 2. The maximum Gasteiger partial charge on any atom is 0.325 e. The van der Waals surface area contributed by atoms with Gasteiger partial charge in [-0.15, -0.1) is 0 Å². The van der Waals surface area contributed by atoms with Crippen molar-refractivity contribution in [2.45, 2.75) is 191 Å². The fourth-order valence-electron chi connectivity index (χ4n) is 12.3. The van der Waals surface area contributed by atoms with Gasteiger partial charge in [-0.3, -0.25) is 71.9 Å². The minimum Gasteiger partial charge on any atom is -0.508 e. The molecule has 37 heteroatoms. The van der Waals surface area contributed by atoms with Crippen LogP contribution in [0, 0.1) is 5.92 Å². The number of hydrogen-bond acceptors (Lipinski definition) is 21. The summed E-state index contributed by atoms with van der Waals surface area (Å²) in [6.45, 7) is 3.41. The number of nitrogens with two attached hydrogens (primary N) is 4. The third-order valence-electron chi connectivity index (χ3n) is 18.8. The summed E-state index contributed by atoms with van der Waals surface area (Å²) in [5.74, 6) is -14.8. The van der Waals surface area contributed by atoms with Crippen molar-refractivity contribution >= 4 is 110 Å². The molecule has 12 atom stereocenters. The Kier molecular flexibility index (Phi) is 36.3. The first kappa shape index (κ1) is 89.3. The number of phenols is 1. The SMILES string of the molecule is CCCCCC(=O)N[C@H](CO)C(=O)N[C@H](Cc1ccc(O)cc1)C(=O)N[C@H](Cc1c[nH]c2ccccc12)C(=O)N[C@H](CCCN)C(=O)N[C@@H](CCCN)C(=O)NCC(=O)N[C@H](CCCN)C(=O)N[C@@H](Cc1c[nH]c2ccccc12)C(=O)N[C@@H]1C(=O)N[C@@H]([C@@H](C)CC)C(=O)N[C@@H](CC(N)=O)C(=O)NCC(=O)NCC(=O)O[C@@H]1C. The zero-order valence-electron chi connectivity index (χ0n) is 63.3. The predicted molar refractivity (Wildman–Crippen MR) is 409 cm³/mol. The van der Waals surface area contributed by atoms with Gasteiger partial charge in [-0.1, -0.05) is 88.6 Å². The fraction of sp³-hybridized carbons (Fsp3) is 0.507. The van der Waals surface area contributed by atoms with Gasteiger partial charge in [0.05, 0.1) is 26.1 Å². The van der Waals surface area contributed by atoms with Crippen LogP contribution in [0.5, 0.6) is 5.75 Å². The first-order valence-electron chi connectivity index (χ1n) is 37.5. The summed E-state index contributed by atoms with van der Waals surface area (Å²) in [7, 11) is 0. The largest absolute Gasteiger partial charge is 0.508 e. The highest BCUT2D eigenvalue weighted by Crippen LogP contribution is 2.23. The molecule has 0 unspecified atom stereocenters. The zero-order valence-corrected chi connectivity index (χ0v) is 63.3. The van der Waals surface area contributed by atoms with Crippen molar-refractivity contribution in [3.8, 4) is 5.75 Å². The van der Waals surface area contributed by atoms with Crippen LogP contribution in [0.2, 0.25) is 0 Å². The van der Waals surface area contributed by atoms with Crippen LogP contribution in [0.4, 0.5) is 0 Å². The van der Waals surface area contributed by atoms with Gasteiger partial charge in [-0.2, -0.15) is 0 Å². The van der Waals surface area contributed by atoms with Crippen molar-refractivity contribution in [1.29, 1.82) is 0 Å². The number of ether oxygens (including phenoxy) is 1. The van der Waals surface area contributed by atoms with Crippen molar-refractivity contribution in [2.75, 3.05) is 45.9 Å². The summed E-state index contributed by atoms with van der Waals surface area (Å²) in [6, 6.07) is 4.48. The van der Waals surface area contributed by atoms with Crippen LogP contribution in [-0.4, -0.2) is 221 Å². The van der Waals surface area contributed by atoms with E-state index in [-0.39, 0.29) is 96.0 Å². The van der Waals surface area contributed by atoms with Gasteiger partial charge in [-0.25, -0.2) is 0 Å². The summed E-state index contributed by atoms with van der Waals surface area (Å²) in [6.07, 6.45) is 2.72. The summed E-state index contributed by atoms with van der Waals surface area (Å²) < 4.78 is 5.56. The minimum atomic E-state index is -1.87. The third kappa shape index (κ3) is 28.1. The molecule has 3 heterocycles. The average Bonchev–Trinajstić information content (AvgIpc) is 1.67. The van der Waals surface area contributed by atoms with Crippen LogP contribution in [0.3, 0.4) is 0 Å². The number of benzene rings is 3. The number of aromatic nitrogens is 2. The van der Waals surface area contributed by atoms with Gasteiger partial charge in [0.25, 0.3) is 0 Å². The standard InChI is InChI=1S/C75H107N19O18/c1-5-7-8-23-60(98)86-58(40-95)73(109)89-54(31-43-24-26-46(96)27-25-43)70(106)91-55(32-44-35-80-49-18-11-9-16-47(44)49)71(107)88-53(22-15-30-78)69(105)87-51(20-13-28-76)66(102)84-38-62(100)85-52(21-14-29-77)68(104)90-56(33-45-36-81-50-19-12-10-17-48(45)50)72(108)94-65-42(4)112-63(101)39-82-61(99)37-83-67(103)57(34-59(79)97)92-74(110)64(41(3)6-2)93-75(65)111/h9-12,16-19,24-27,35-36,41-42,51-58,64-65,80-81,95-96H,5-8,13-15,20-23,28-34,37-40,76-78H2,1-4H3,(H2,79,97)(H,82,99)(H,83,103)(H,84,102)(H,85,100)(H,86,98)(H,87,105)(H,88,107)(H,89,109)(H,90,104)(H,91,106)(H,92,110)(H,93,111)(H,94,108)/t41-,42+,51-,52+,53+,54+,55+,56-,57-,58+,64-,65-/m0/s1. The summed E-state index contributed by atoms with van der Waals surface area (Å²) in [5, 5.41) is 54.7. The van der Waals surface area contributed by atoms with E-state index >= 15 is 4.79 Å². The molecule has 0 aliphatic carbocycles. The van der Waals surface area contributed by atoms with Gasteiger partial charge in [0.15, 0.2) is 0 Å². The maximum absolute atomic E-state index is 15.0. The molecule has 0 spiro atoms. The van der Waals surface area contributed by atoms with Gasteiger partial charge in [-0.05, 0) is 118 Å². The number of rotatable bonds is 41. The van der Waals surface area contributed by atoms with Gasteiger partial charge in [0.2, 0.25) is 82.7 Å². The second-order valence-corrected chi connectivity index (χ2v) is 27.5. The molecule has 0 bridgehead atoms. The number of H-pyrrole nitrogens is 2. The molecule has 112 heavy (non-hydrogen) atoms. The summed E-state index contributed by atoms with van der Waals surface area (Å²) in [5.41, 5.74) is 26.0. The van der Waals surface area contributed by atoms with E-state index in [2.05, 4.69) is 79.1 Å². The topological polar surface area (TPSA) is 598 Å². The molecule has 1 saturated heterocycles. The van der Waals surface area contributed by atoms with Crippen molar-refractivity contribution in [3.05, 3.63) is 102 Å². The average molecular weight is 1560 g/mol. The second-order valence-electron chi connectivity index (χ2n) is 27.5. The number of carbonyl (C=O) groups is 15. The minimum absolute atomic E-state index is 0.00696. The Morgan fingerprint density at radius 1 is 0.545 bits per heavy atom. The quantitative estimate of drug-likeness (QED) is 0.0132. The normalized spacial score (nSPS) is 17.8. The molecular weight excluding hydrogens is 1450 g/mol. The van der Waals surface area contributed by atoms with Gasteiger partial charge in [0, 0.05) is 59.9 Å². The highest BCUT2D eigenvalue weighted by atomic mass is 16.5. The molecule has 1 aliphatic heterocycles. The molecule has 610 valence electrons. The number of nitrogens with one attached hydrogen (secondary N) is 15. The molecule has 25 N–H and O–H groups in total.